The van der Waals surface area contributed by atoms with E-state index >= 15 is 0 Å². The third-order valence-corrected chi connectivity index (χ3v) is 3.87. The second-order valence-electron chi connectivity index (χ2n) is 4.32. The van der Waals surface area contributed by atoms with Crippen LogP contribution in [0.1, 0.15) is 24.1 Å². The molecule has 1 nitrogen and oxygen atoms in total. The van der Waals surface area contributed by atoms with Gasteiger partial charge in [0, 0.05) is 15.1 Å². The van der Waals surface area contributed by atoms with E-state index in [9.17, 15) is 4.39 Å². The van der Waals surface area contributed by atoms with Crippen molar-refractivity contribution in [3.05, 3.63) is 68.4 Å². The van der Waals surface area contributed by atoms with Gasteiger partial charge in [0.1, 0.15) is 5.82 Å². The number of halogens is 4. The molecule has 0 saturated heterocycles. The predicted octanol–water partition coefficient (Wildman–Crippen LogP) is 5.48. The lowest BCUT2D eigenvalue weighted by atomic mass is 9.98. The quantitative estimate of drug-likeness (QED) is 0.781. The molecule has 0 amide bonds. The normalized spacial score (nSPS) is 12.4. The minimum Gasteiger partial charge on any atom is -0.306 e. The molecule has 1 atom stereocenters. The highest BCUT2D eigenvalue weighted by Gasteiger charge is 2.19. The van der Waals surface area contributed by atoms with Crippen molar-refractivity contribution in [2.24, 2.45) is 0 Å². The van der Waals surface area contributed by atoms with Crippen LogP contribution in [-0.4, -0.2) is 6.54 Å². The maximum absolute atomic E-state index is 13.5. The first-order valence-electron chi connectivity index (χ1n) is 6.16. The van der Waals surface area contributed by atoms with Gasteiger partial charge >= 0.3 is 0 Å². The molecule has 0 aliphatic rings. The Morgan fingerprint density at radius 3 is 2.25 bits per heavy atom. The summed E-state index contributed by atoms with van der Waals surface area (Å²) in [4.78, 5) is 0. The molecule has 0 heterocycles. The van der Waals surface area contributed by atoms with Crippen molar-refractivity contribution in [1.82, 2.24) is 5.32 Å². The molecule has 1 N–H and O–H groups in total. The molecule has 0 aromatic heterocycles. The predicted molar refractivity (Wildman–Crippen MR) is 83.4 cm³/mol. The fourth-order valence-corrected chi connectivity index (χ4v) is 2.70. The maximum atomic E-state index is 13.5. The zero-order valence-corrected chi connectivity index (χ0v) is 13.0. The molecular weight excluding hydrogens is 320 g/mol. The highest BCUT2D eigenvalue weighted by molar-refractivity contribution is 6.34. The van der Waals surface area contributed by atoms with Crippen LogP contribution < -0.4 is 5.32 Å². The van der Waals surface area contributed by atoms with E-state index in [0.29, 0.717) is 27.2 Å². The molecule has 0 radical (unpaired) electrons. The van der Waals surface area contributed by atoms with E-state index in [1.807, 2.05) is 6.92 Å². The van der Waals surface area contributed by atoms with E-state index in [1.165, 1.54) is 18.2 Å². The molecule has 1 unspecified atom stereocenters. The fraction of sp³-hybridized carbons (Fsp3) is 0.200. The van der Waals surface area contributed by atoms with Crippen LogP contribution in [-0.2, 0) is 0 Å². The Hall–Kier alpha value is -0.800. The molecule has 0 aliphatic carbocycles. The summed E-state index contributed by atoms with van der Waals surface area (Å²) in [5, 5.41) is 4.86. The van der Waals surface area contributed by atoms with Crippen LogP contribution in [0.4, 0.5) is 4.39 Å². The van der Waals surface area contributed by atoms with Crippen LogP contribution in [0.5, 0.6) is 0 Å². The molecule has 0 saturated carbocycles. The average Bonchev–Trinajstić information content (AvgIpc) is 2.42. The summed E-state index contributed by atoms with van der Waals surface area (Å²) in [6, 6.07) is 9.16. The summed E-state index contributed by atoms with van der Waals surface area (Å²) in [7, 11) is 0. The third-order valence-electron chi connectivity index (χ3n) is 2.95. The lowest BCUT2D eigenvalue weighted by Crippen LogP contribution is -2.22. The summed E-state index contributed by atoms with van der Waals surface area (Å²) >= 11 is 18.4. The molecular formula is C15H13Cl3FN. The van der Waals surface area contributed by atoms with Gasteiger partial charge in [0.05, 0.1) is 6.04 Å². The smallest absolute Gasteiger partial charge is 0.123 e. The van der Waals surface area contributed by atoms with Crippen molar-refractivity contribution in [1.29, 1.82) is 0 Å². The zero-order chi connectivity index (χ0) is 14.7. The molecule has 0 spiro atoms. The van der Waals surface area contributed by atoms with E-state index in [4.69, 9.17) is 34.8 Å². The van der Waals surface area contributed by atoms with Gasteiger partial charge in [-0.05, 0) is 54.1 Å². The Labute approximate surface area is 132 Å². The highest BCUT2D eigenvalue weighted by atomic mass is 35.5. The van der Waals surface area contributed by atoms with Gasteiger partial charge in [-0.25, -0.2) is 4.39 Å². The summed E-state index contributed by atoms with van der Waals surface area (Å²) in [5.41, 5.74) is 1.41. The molecule has 0 aliphatic heterocycles. The van der Waals surface area contributed by atoms with E-state index < -0.39 is 0 Å². The molecule has 2 rings (SSSR count). The Morgan fingerprint density at radius 2 is 1.60 bits per heavy atom. The first-order valence-corrected chi connectivity index (χ1v) is 7.29. The SMILES string of the molecule is CCNC(c1cc(F)ccc1Cl)c1cc(Cl)ccc1Cl. The second kappa shape index (κ2) is 6.77. The van der Waals surface area contributed by atoms with Crippen molar-refractivity contribution < 1.29 is 4.39 Å². The fourth-order valence-electron chi connectivity index (χ4n) is 2.06. The lowest BCUT2D eigenvalue weighted by Gasteiger charge is -2.21. The first kappa shape index (κ1) is 15.6. The van der Waals surface area contributed by atoms with E-state index in [-0.39, 0.29) is 11.9 Å². The van der Waals surface area contributed by atoms with Gasteiger partial charge in [0.25, 0.3) is 0 Å². The van der Waals surface area contributed by atoms with Crippen LogP contribution in [0.25, 0.3) is 0 Å². The van der Waals surface area contributed by atoms with Gasteiger partial charge < -0.3 is 5.32 Å². The zero-order valence-electron chi connectivity index (χ0n) is 10.8. The van der Waals surface area contributed by atoms with E-state index in [0.717, 1.165) is 5.56 Å². The average molecular weight is 333 g/mol. The number of hydrogen-bond acceptors (Lipinski definition) is 1. The van der Waals surface area contributed by atoms with Crippen LogP contribution in [0, 0.1) is 5.82 Å². The van der Waals surface area contributed by atoms with E-state index in [1.54, 1.807) is 18.2 Å². The summed E-state index contributed by atoms with van der Waals surface area (Å²) < 4.78 is 13.5. The van der Waals surface area contributed by atoms with Crippen LogP contribution >= 0.6 is 34.8 Å². The number of nitrogens with one attached hydrogen (secondary N) is 1. The summed E-state index contributed by atoms with van der Waals surface area (Å²) in [6.45, 7) is 2.64. The van der Waals surface area contributed by atoms with Gasteiger partial charge in [-0.2, -0.15) is 0 Å². The summed E-state index contributed by atoms with van der Waals surface area (Å²) in [5.74, 6) is -0.342. The molecule has 106 valence electrons. The van der Waals surface area contributed by atoms with Crippen LogP contribution in [0.3, 0.4) is 0 Å². The Kier molecular flexibility index (Phi) is 5.28. The molecule has 5 heteroatoms. The molecule has 0 fully saturated rings. The number of hydrogen-bond donors (Lipinski definition) is 1. The third kappa shape index (κ3) is 3.44. The van der Waals surface area contributed by atoms with Crippen molar-refractivity contribution >= 4 is 34.8 Å². The topological polar surface area (TPSA) is 12.0 Å². The van der Waals surface area contributed by atoms with Crippen molar-refractivity contribution in [2.45, 2.75) is 13.0 Å². The monoisotopic (exact) mass is 331 g/mol. The van der Waals surface area contributed by atoms with Gasteiger partial charge in [0.2, 0.25) is 0 Å². The maximum Gasteiger partial charge on any atom is 0.123 e. The van der Waals surface area contributed by atoms with Gasteiger partial charge in [-0.15, -0.1) is 0 Å². The number of rotatable bonds is 4. The number of benzene rings is 2. The molecule has 0 bridgehead atoms. The minimum atomic E-state index is -0.342. The first-order chi connectivity index (χ1) is 9.52. The highest BCUT2D eigenvalue weighted by Crippen LogP contribution is 2.34. The largest absolute Gasteiger partial charge is 0.306 e. The Morgan fingerprint density at radius 1 is 1.00 bits per heavy atom. The van der Waals surface area contributed by atoms with Crippen molar-refractivity contribution in [3.63, 3.8) is 0 Å². The second-order valence-corrected chi connectivity index (χ2v) is 5.57. The van der Waals surface area contributed by atoms with Gasteiger partial charge in [-0.3, -0.25) is 0 Å². The van der Waals surface area contributed by atoms with Gasteiger partial charge in [-0.1, -0.05) is 41.7 Å². The van der Waals surface area contributed by atoms with Crippen LogP contribution in [0.15, 0.2) is 36.4 Å². The minimum absolute atomic E-state index is 0.311. The van der Waals surface area contributed by atoms with Crippen LogP contribution in [0.2, 0.25) is 15.1 Å². The molecule has 20 heavy (non-hydrogen) atoms. The van der Waals surface area contributed by atoms with E-state index in [2.05, 4.69) is 5.32 Å². The molecule has 2 aromatic carbocycles. The van der Waals surface area contributed by atoms with Crippen molar-refractivity contribution in [2.75, 3.05) is 6.54 Å². The lowest BCUT2D eigenvalue weighted by molar-refractivity contribution is 0.603. The Bertz CT molecular complexity index is 565. The molecule has 2 aromatic rings. The van der Waals surface area contributed by atoms with Gasteiger partial charge in [0.15, 0.2) is 0 Å². The standard InChI is InChI=1S/C15H13Cl3FN/c1-2-20-15(11-7-9(16)3-5-13(11)17)12-8-10(19)4-6-14(12)18/h3-8,15,20H,2H2,1H3. The Balaban J connectivity index is 2.55. The summed E-state index contributed by atoms with van der Waals surface area (Å²) in [6.07, 6.45) is 0. The van der Waals surface area contributed by atoms with Crippen molar-refractivity contribution in [3.8, 4) is 0 Å².